The summed E-state index contributed by atoms with van der Waals surface area (Å²) in [7, 11) is 0. The van der Waals surface area contributed by atoms with Crippen LogP contribution in [-0.4, -0.2) is 35.3 Å². The molecule has 3 rings (SSSR count). The molecule has 2 aromatic rings. The van der Waals surface area contributed by atoms with E-state index in [4.69, 9.17) is 4.74 Å². The number of carbonyl (C=O) groups is 1. The topological polar surface area (TPSA) is 91.4 Å². The molecule has 1 saturated heterocycles. The Bertz CT molecular complexity index is 747. The van der Waals surface area contributed by atoms with Crippen molar-refractivity contribution in [2.24, 2.45) is 0 Å². The molecule has 1 amide bonds. The van der Waals surface area contributed by atoms with Crippen LogP contribution in [0.2, 0.25) is 0 Å². The zero-order valence-electron chi connectivity index (χ0n) is 12.1. The molecule has 1 atom stereocenters. The first-order valence-corrected chi connectivity index (χ1v) is 7.36. The number of rotatable bonds is 4. The second-order valence-corrected chi connectivity index (χ2v) is 5.44. The quantitative estimate of drug-likeness (QED) is 0.788. The zero-order chi connectivity index (χ0) is 15.5. The summed E-state index contributed by atoms with van der Waals surface area (Å²) >= 11 is 0. The molecule has 1 aromatic heterocycles. The number of pyridine rings is 1. The molecule has 0 spiro atoms. The second kappa shape index (κ2) is 6.19. The average Bonchev–Trinajstić information content (AvgIpc) is 3.04. The average molecular weight is 302 g/mol. The SMILES string of the molecule is O=C(Cc1[nH]c(=O)c2ccccc2c1O)NCC1CCCO1. The molecule has 6 heteroatoms. The van der Waals surface area contributed by atoms with Gasteiger partial charge in [-0.05, 0) is 18.9 Å². The van der Waals surface area contributed by atoms with Gasteiger partial charge in [0.2, 0.25) is 5.91 Å². The lowest BCUT2D eigenvalue weighted by atomic mass is 10.1. The molecule has 6 nitrogen and oxygen atoms in total. The number of hydrogen-bond acceptors (Lipinski definition) is 4. The lowest BCUT2D eigenvalue weighted by molar-refractivity contribution is -0.121. The Hall–Kier alpha value is -2.34. The molecule has 1 aliphatic heterocycles. The fourth-order valence-corrected chi connectivity index (χ4v) is 2.70. The molecule has 1 unspecified atom stereocenters. The third kappa shape index (κ3) is 2.96. The van der Waals surface area contributed by atoms with E-state index in [1.165, 1.54) is 0 Å². The van der Waals surface area contributed by atoms with Crippen LogP contribution in [0.1, 0.15) is 18.5 Å². The first kappa shape index (κ1) is 14.6. The molecular formula is C16H18N2O4. The number of carbonyl (C=O) groups excluding carboxylic acids is 1. The van der Waals surface area contributed by atoms with Gasteiger partial charge >= 0.3 is 0 Å². The monoisotopic (exact) mass is 302 g/mol. The third-order valence-corrected chi connectivity index (χ3v) is 3.87. The standard InChI is InChI=1S/C16H18N2O4/c19-14(17-9-10-4-3-7-22-10)8-13-15(20)11-5-1-2-6-12(11)16(21)18-13/h1-2,5-6,10,20H,3-4,7-9H2,(H,17,19)(H,18,21). The van der Waals surface area contributed by atoms with Gasteiger partial charge in [0, 0.05) is 18.5 Å². The summed E-state index contributed by atoms with van der Waals surface area (Å²) in [6, 6.07) is 6.76. The molecule has 1 aromatic carbocycles. The number of aromatic nitrogens is 1. The number of hydrogen-bond donors (Lipinski definition) is 3. The first-order valence-electron chi connectivity index (χ1n) is 7.36. The third-order valence-electron chi connectivity index (χ3n) is 3.87. The van der Waals surface area contributed by atoms with Crippen molar-refractivity contribution in [3.05, 3.63) is 40.3 Å². The molecule has 3 N–H and O–H groups in total. The van der Waals surface area contributed by atoms with Crippen LogP contribution in [0.25, 0.3) is 10.8 Å². The summed E-state index contributed by atoms with van der Waals surface area (Å²) in [5.74, 6) is -0.306. The van der Waals surface area contributed by atoms with Gasteiger partial charge in [-0.15, -0.1) is 0 Å². The molecular weight excluding hydrogens is 284 g/mol. The van der Waals surface area contributed by atoms with Crippen molar-refractivity contribution in [2.45, 2.75) is 25.4 Å². The first-order chi connectivity index (χ1) is 10.6. The number of aromatic hydroxyl groups is 1. The number of ether oxygens (including phenoxy) is 1. The second-order valence-electron chi connectivity index (χ2n) is 5.44. The summed E-state index contributed by atoms with van der Waals surface area (Å²) in [6.45, 7) is 1.19. The summed E-state index contributed by atoms with van der Waals surface area (Å²) < 4.78 is 5.43. The maximum atomic E-state index is 12.0. The summed E-state index contributed by atoms with van der Waals surface area (Å²) in [5, 5.41) is 13.9. The highest BCUT2D eigenvalue weighted by Gasteiger charge is 2.17. The van der Waals surface area contributed by atoms with Crippen molar-refractivity contribution in [3.63, 3.8) is 0 Å². The minimum absolute atomic E-state index is 0.0533. The molecule has 0 bridgehead atoms. The van der Waals surface area contributed by atoms with Gasteiger partial charge in [-0.1, -0.05) is 18.2 Å². The van der Waals surface area contributed by atoms with Gasteiger partial charge in [0.15, 0.2) is 0 Å². The maximum absolute atomic E-state index is 12.0. The molecule has 0 saturated carbocycles. The Kier molecular flexibility index (Phi) is 4.11. The van der Waals surface area contributed by atoms with Crippen LogP contribution in [0.5, 0.6) is 5.75 Å². The fourth-order valence-electron chi connectivity index (χ4n) is 2.70. The highest BCUT2D eigenvalue weighted by atomic mass is 16.5. The van der Waals surface area contributed by atoms with E-state index in [0.717, 1.165) is 19.4 Å². The summed E-state index contributed by atoms with van der Waals surface area (Å²) in [6.07, 6.45) is 1.95. The highest BCUT2D eigenvalue weighted by molar-refractivity contribution is 5.89. The smallest absolute Gasteiger partial charge is 0.256 e. The van der Waals surface area contributed by atoms with Crippen molar-refractivity contribution in [1.29, 1.82) is 0 Å². The van der Waals surface area contributed by atoms with Gasteiger partial charge in [0.05, 0.1) is 23.6 Å². The van der Waals surface area contributed by atoms with Crippen molar-refractivity contribution >= 4 is 16.7 Å². The minimum Gasteiger partial charge on any atom is -0.505 e. The number of amides is 1. The molecule has 22 heavy (non-hydrogen) atoms. The lowest BCUT2D eigenvalue weighted by Gasteiger charge is -2.11. The molecule has 2 heterocycles. The van der Waals surface area contributed by atoms with Crippen molar-refractivity contribution in [1.82, 2.24) is 10.3 Å². The molecule has 1 aliphatic rings. The summed E-state index contributed by atoms with van der Waals surface area (Å²) in [5.41, 5.74) is -0.0798. The van der Waals surface area contributed by atoms with Crippen LogP contribution in [0.4, 0.5) is 0 Å². The van der Waals surface area contributed by atoms with Gasteiger partial charge in [-0.25, -0.2) is 0 Å². The van der Waals surface area contributed by atoms with E-state index in [1.807, 2.05) is 0 Å². The molecule has 116 valence electrons. The molecule has 1 fully saturated rings. The van der Waals surface area contributed by atoms with Crippen LogP contribution in [-0.2, 0) is 16.0 Å². The van der Waals surface area contributed by atoms with E-state index in [1.54, 1.807) is 24.3 Å². The number of nitrogens with one attached hydrogen (secondary N) is 2. The van der Waals surface area contributed by atoms with Gasteiger partial charge in [-0.3, -0.25) is 9.59 Å². The normalized spacial score (nSPS) is 17.7. The largest absolute Gasteiger partial charge is 0.505 e. The fraction of sp³-hybridized carbons (Fsp3) is 0.375. The maximum Gasteiger partial charge on any atom is 0.256 e. The van der Waals surface area contributed by atoms with Crippen LogP contribution in [0.3, 0.4) is 0 Å². The van der Waals surface area contributed by atoms with E-state index >= 15 is 0 Å². The van der Waals surface area contributed by atoms with Crippen molar-refractivity contribution in [3.8, 4) is 5.75 Å². The van der Waals surface area contributed by atoms with Gasteiger partial charge in [0.1, 0.15) is 5.75 Å². The van der Waals surface area contributed by atoms with Crippen LogP contribution in [0.15, 0.2) is 29.1 Å². The van der Waals surface area contributed by atoms with Crippen molar-refractivity contribution in [2.75, 3.05) is 13.2 Å². The Balaban J connectivity index is 1.74. The minimum atomic E-state index is -0.310. The molecule has 0 radical (unpaired) electrons. The zero-order valence-corrected chi connectivity index (χ0v) is 12.1. The van der Waals surface area contributed by atoms with Gasteiger partial charge < -0.3 is 20.1 Å². The molecule has 0 aliphatic carbocycles. The predicted octanol–water partition coefficient (Wildman–Crippen LogP) is 1.07. The number of fused-ring (bicyclic) bond motifs is 1. The lowest BCUT2D eigenvalue weighted by Crippen LogP contribution is -2.33. The van der Waals surface area contributed by atoms with Crippen LogP contribution in [0, 0.1) is 0 Å². The predicted molar refractivity (Wildman–Crippen MR) is 81.9 cm³/mol. The van der Waals surface area contributed by atoms with E-state index < -0.39 is 0 Å². The highest BCUT2D eigenvalue weighted by Crippen LogP contribution is 2.24. The van der Waals surface area contributed by atoms with Gasteiger partial charge in [-0.2, -0.15) is 0 Å². The van der Waals surface area contributed by atoms with E-state index in [0.29, 0.717) is 17.3 Å². The van der Waals surface area contributed by atoms with E-state index in [-0.39, 0.29) is 35.4 Å². The Morgan fingerprint density at radius 2 is 2.14 bits per heavy atom. The Morgan fingerprint density at radius 1 is 1.36 bits per heavy atom. The van der Waals surface area contributed by atoms with E-state index in [9.17, 15) is 14.7 Å². The van der Waals surface area contributed by atoms with E-state index in [2.05, 4.69) is 10.3 Å². The number of aromatic amines is 1. The van der Waals surface area contributed by atoms with Crippen molar-refractivity contribution < 1.29 is 14.6 Å². The number of H-pyrrole nitrogens is 1. The Morgan fingerprint density at radius 3 is 2.86 bits per heavy atom. The Labute approximate surface area is 127 Å². The summed E-state index contributed by atoms with van der Waals surface area (Å²) in [4.78, 5) is 26.5. The number of benzene rings is 1. The van der Waals surface area contributed by atoms with Crippen LogP contribution >= 0.6 is 0 Å². The van der Waals surface area contributed by atoms with Crippen LogP contribution < -0.4 is 10.9 Å². The van der Waals surface area contributed by atoms with Gasteiger partial charge in [0.25, 0.3) is 5.56 Å².